The Labute approximate surface area is 72.7 Å². The molecule has 0 heterocycles. The van der Waals surface area contributed by atoms with Crippen LogP contribution in [-0.4, -0.2) is 12.3 Å². The zero-order valence-electron chi connectivity index (χ0n) is 7.25. The zero-order chi connectivity index (χ0) is 8.81. The fourth-order valence-corrected chi connectivity index (χ4v) is 1.67. The highest BCUT2D eigenvalue weighted by atomic mass is 16.7. The van der Waals surface area contributed by atoms with Gasteiger partial charge in [0.2, 0.25) is 0 Å². The first kappa shape index (κ1) is 9.36. The van der Waals surface area contributed by atoms with Gasteiger partial charge in [-0.2, -0.15) is 9.90 Å². The van der Waals surface area contributed by atoms with E-state index < -0.39 is 6.16 Å². The van der Waals surface area contributed by atoms with Crippen LogP contribution in [0.15, 0.2) is 0 Å². The van der Waals surface area contributed by atoms with Crippen molar-refractivity contribution in [2.24, 2.45) is 0 Å². The molecule has 0 atom stereocenters. The van der Waals surface area contributed by atoms with E-state index in [0.29, 0.717) is 0 Å². The van der Waals surface area contributed by atoms with E-state index in [2.05, 4.69) is 4.74 Å². The van der Waals surface area contributed by atoms with Crippen LogP contribution in [-0.2, 0) is 9.84 Å². The van der Waals surface area contributed by atoms with Crippen LogP contribution in [0.3, 0.4) is 0 Å². The molecule has 3 nitrogen and oxygen atoms in total. The number of hydrogen-bond donors (Lipinski definition) is 0. The van der Waals surface area contributed by atoms with Crippen LogP contribution in [0.5, 0.6) is 0 Å². The van der Waals surface area contributed by atoms with E-state index >= 15 is 0 Å². The van der Waals surface area contributed by atoms with Gasteiger partial charge in [0.1, 0.15) is 6.10 Å². The van der Waals surface area contributed by atoms with Gasteiger partial charge in [-0.1, -0.05) is 19.3 Å². The first-order valence-corrected chi connectivity index (χ1v) is 4.66. The first-order valence-electron chi connectivity index (χ1n) is 4.66. The molecular weight excluding hydrogens is 156 g/mol. The lowest BCUT2D eigenvalue weighted by atomic mass is 9.99. The van der Waals surface area contributed by atoms with Crippen molar-refractivity contribution in [2.45, 2.75) is 51.0 Å². The highest BCUT2D eigenvalue weighted by Crippen LogP contribution is 2.19. The summed E-state index contributed by atoms with van der Waals surface area (Å²) in [4.78, 5) is 10.1. The Morgan fingerprint density at radius 3 is 2.00 bits per heavy atom. The summed E-state index contributed by atoms with van der Waals surface area (Å²) in [6, 6.07) is 0. The Bertz CT molecular complexity index is 137. The SMILES string of the molecule is [O]C(=O)OC1CCCCCCC1. The molecule has 12 heavy (non-hydrogen) atoms. The maximum Gasteiger partial charge on any atom is 0.550 e. The third kappa shape index (κ3) is 3.60. The van der Waals surface area contributed by atoms with Gasteiger partial charge in [0.05, 0.1) is 0 Å². The third-order valence-electron chi connectivity index (χ3n) is 2.32. The van der Waals surface area contributed by atoms with Crippen molar-refractivity contribution in [3.05, 3.63) is 0 Å². The molecule has 0 unspecified atom stereocenters. The van der Waals surface area contributed by atoms with Crippen molar-refractivity contribution in [2.75, 3.05) is 0 Å². The van der Waals surface area contributed by atoms with Gasteiger partial charge in [0, 0.05) is 0 Å². The number of ether oxygens (including phenoxy) is 1. The summed E-state index contributed by atoms with van der Waals surface area (Å²) in [6.07, 6.45) is 6.10. The van der Waals surface area contributed by atoms with Crippen molar-refractivity contribution >= 4 is 6.16 Å². The maximum atomic E-state index is 10.1. The van der Waals surface area contributed by atoms with Crippen LogP contribution < -0.4 is 0 Å². The van der Waals surface area contributed by atoms with Crippen LogP contribution in [0, 0.1) is 0 Å². The normalized spacial score (nSPS) is 21.0. The molecule has 0 N–H and O–H groups in total. The Kier molecular flexibility index (Phi) is 3.91. The lowest BCUT2D eigenvalue weighted by molar-refractivity contribution is 0.0227. The lowest BCUT2D eigenvalue weighted by Crippen LogP contribution is -2.17. The predicted molar refractivity (Wildman–Crippen MR) is 43.3 cm³/mol. The summed E-state index contributed by atoms with van der Waals surface area (Å²) >= 11 is 0. The van der Waals surface area contributed by atoms with E-state index in [9.17, 15) is 9.90 Å². The monoisotopic (exact) mass is 171 g/mol. The number of rotatable bonds is 1. The molecule has 1 rings (SSSR count). The standard InChI is InChI=1S/C9H15O3/c10-9(11)12-8-6-4-2-1-3-5-7-8/h8H,1-7H2. The van der Waals surface area contributed by atoms with Crippen LogP contribution >= 0.6 is 0 Å². The topological polar surface area (TPSA) is 46.2 Å². The second-order valence-electron chi connectivity index (χ2n) is 3.33. The lowest BCUT2D eigenvalue weighted by Gasteiger charge is -2.17. The highest BCUT2D eigenvalue weighted by molar-refractivity contribution is 5.56. The molecule has 0 bridgehead atoms. The summed E-state index contributed by atoms with van der Waals surface area (Å²) in [5.74, 6) is 0. The Balaban J connectivity index is 2.24. The van der Waals surface area contributed by atoms with Crippen molar-refractivity contribution in [1.82, 2.24) is 0 Å². The van der Waals surface area contributed by atoms with Gasteiger partial charge in [0.25, 0.3) is 0 Å². The van der Waals surface area contributed by atoms with Gasteiger partial charge >= 0.3 is 6.16 Å². The molecule has 1 aliphatic rings. The molecule has 0 aromatic carbocycles. The third-order valence-corrected chi connectivity index (χ3v) is 2.32. The number of carbonyl (C=O) groups is 1. The largest absolute Gasteiger partial charge is 0.550 e. The number of hydrogen-bond acceptors (Lipinski definition) is 2. The molecule has 69 valence electrons. The van der Waals surface area contributed by atoms with E-state index in [4.69, 9.17) is 0 Å². The van der Waals surface area contributed by atoms with Gasteiger partial charge in [0.15, 0.2) is 0 Å². The van der Waals surface area contributed by atoms with Gasteiger partial charge in [-0.3, -0.25) is 0 Å². The van der Waals surface area contributed by atoms with Crippen LogP contribution in [0.25, 0.3) is 0 Å². The Morgan fingerprint density at radius 2 is 1.50 bits per heavy atom. The highest BCUT2D eigenvalue weighted by Gasteiger charge is 2.15. The second kappa shape index (κ2) is 5.01. The van der Waals surface area contributed by atoms with E-state index in [-0.39, 0.29) is 6.10 Å². The molecule has 0 spiro atoms. The number of carbonyl (C=O) groups excluding carboxylic acids is 1. The molecule has 1 fully saturated rings. The molecule has 0 aliphatic heterocycles. The minimum atomic E-state index is -1.37. The molecule has 0 aromatic rings. The Hall–Kier alpha value is -0.730. The minimum absolute atomic E-state index is 0.102. The van der Waals surface area contributed by atoms with Crippen LogP contribution in [0.1, 0.15) is 44.9 Å². The van der Waals surface area contributed by atoms with Crippen LogP contribution in [0.4, 0.5) is 4.79 Å². The maximum absolute atomic E-state index is 10.1. The fraction of sp³-hybridized carbons (Fsp3) is 0.889. The second-order valence-corrected chi connectivity index (χ2v) is 3.33. The average molecular weight is 171 g/mol. The summed E-state index contributed by atoms with van der Waals surface area (Å²) in [7, 11) is 0. The zero-order valence-corrected chi connectivity index (χ0v) is 7.25. The van der Waals surface area contributed by atoms with Crippen LogP contribution in [0.2, 0.25) is 0 Å². The van der Waals surface area contributed by atoms with E-state index in [1.807, 2.05) is 0 Å². The first-order chi connectivity index (χ1) is 5.79. The molecule has 3 heteroatoms. The van der Waals surface area contributed by atoms with Crippen molar-refractivity contribution < 1.29 is 14.6 Å². The van der Waals surface area contributed by atoms with E-state index in [1.54, 1.807) is 0 Å². The molecule has 1 radical (unpaired) electrons. The van der Waals surface area contributed by atoms with Crippen molar-refractivity contribution in [3.63, 3.8) is 0 Å². The molecule has 1 saturated carbocycles. The quantitative estimate of drug-likeness (QED) is 0.569. The van der Waals surface area contributed by atoms with Gasteiger partial charge in [-0.05, 0) is 25.7 Å². The molecule has 0 saturated heterocycles. The van der Waals surface area contributed by atoms with Gasteiger partial charge < -0.3 is 4.74 Å². The van der Waals surface area contributed by atoms with Gasteiger partial charge in [-0.25, -0.2) is 0 Å². The van der Waals surface area contributed by atoms with Crippen molar-refractivity contribution in [1.29, 1.82) is 0 Å². The minimum Gasteiger partial charge on any atom is -0.428 e. The summed E-state index contributed by atoms with van der Waals surface area (Å²) in [6.45, 7) is 0. The smallest absolute Gasteiger partial charge is 0.428 e. The fourth-order valence-electron chi connectivity index (χ4n) is 1.67. The van der Waals surface area contributed by atoms with Crippen molar-refractivity contribution in [3.8, 4) is 0 Å². The summed E-state index contributed by atoms with van der Waals surface area (Å²) in [5.41, 5.74) is 0. The van der Waals surface area contributed by atoms with E-state index in [1.165, 1.54) is 19.3 Å². The Morgan fingerprint density at radius 1 is 1.00 bits per heavy atom. The average Bonchev–Trinajstić information content (AvgIpc) is 1.93. The van der Waals surface area contributed by atoms with Gasteiger partial charge in [-0.15, -0.1) is 0 Å². The molecule has 0 aromatic heterocycles. The summed E-state index contributed by atoms with van der Waals surface area (Å²) < 4.78 is 4.63. The molecule has 1 aliphatic carbocycles. The predicted octanol–water partition coefficient (Wildman–Crippen LogP) is 2.67. The molecule has 0 amide bonds. The summed E-state index contributed by atoms with van der Waals surface area (Å²) in [5, 5.41) is 10.1. The molecular formula is C9H15O3. The van der Waals surface area contributed by atoms with E-state index in [0.717, 1.165) is 25.7 Å².